The second-order valence-corrected chi connectivity index (χ2v) is 17.2. The standard InChI is InChI=1S/C26H44P2/c1-17(2)27(18(3)4)21(9)23-13-11-15-25(23)26-16-12-14-24(26)22(10)28(19(5)6)20(7)8/h11-15,17-22,25H,16H2,1-10H3. The zero-order valence-electron chi connectivity index (χ0n) is 20.0. The van der Waals surface area contributed by atoms with Crippen LogP contribution >= 0.6 is 15.8 Å². The Kier molecular flexibility index (Phi) is 8.80. The lowest BCUT2D eigenvalue weighted by molar-refractivity contribution is 0.809. The minimum Gasteiger partial charge on any atom is -0.0943 e. The molecule has 0 fully saturated rings. The van der Waals surface area contributed by atoms with Crippen LogP contribution < -0.4 is 0 Å². The first-order valence-electron chi connectivity index (χ1n) is 11.4. The summed E-state index contributed by atoms with van der Waals surface area (Å²) in [5.41, 5.74) is 9.62. The molecule has 2 aliphatic carbocycles. The molecule has 0 N–H and O–H groups in total. The summed E-state index contributed by atoms with van der Waals surface area (Å²) in [6.07, 6.45) is 13.3. The fraction of sp³-hybridized carbons (Fsp3) is 0.692. The van der Waals surface area contributed by atoms with E-state index in [4.69, 9.17) is 0 Å². The van der Waals surface area contributed by atoms with Crippen LogP contribution in [-0.2, 0) is 0 Å². The van der Waals surface area contributed by atoms with Crippen molar-refractivity contribution in [3.63, 3.8) is 0 Å². The van der Waals surface area contributed by atoms with Crippen molar-refractivity contribution in [3.05, 3.63) is 47.1 Å². The molecule has 0 nitrogen and oxygen atoms in total. The molecule has 2 rings (SSSR count). The average molecular weight is 419 g/mol. The van der Waals surface area contributed by atoms with Crippen LogP contribution in [-0.4, -0.2) is 34.0 Å². The third-order valence-corrected chi connectivity index (χ3v) is 13.7. The third-order valence-electron chi connectivity index (χ3n) is 6.54. The van der Waals surface area contributed by atoms with Crippen molar-refractivity contribution in [1.82, 2.24) is 0 Å². The molecular formula is C26H44P2. The molecule has 0 heterocycles. The van der Waals surface area contributed by atoms with E-state index in [1.165, 1.54) is 0 Å². The van der Waals surface area contributed by atoms with E-state index in [1.807, 2.05) is 0 Å². The van der Waals surface area contributed by atoms with E-state index in [0.717, 1.165) is 29.1 Å². The van der Waals surface area contributed by atoms with Crippen molar-refractivity contribution in [1.29, 1.82) is 0 Å². The topological polar surface area (TPSA) is 0 Å². The Labute approximate surface area is 178 Å². The van der Waals surface area contributed by atoms with Crippen molar-refractivity contribution >= 4 is 15.8 Å². The summed E-state index contributed by atoms with van der Waals surface area (Å²) in [4.78, 5) is 0. The summed E-state index contributed by atoms with van der Waals surface area (Å²) in [6.45, 7) is 24.5. The highest BCUT2D eigenvalue weighted by Crippen LogP contribution is 2.57. The molecule has 158 valence electrons. The number of rotatable bonds is 9. The minimum atomic E-state index is -0.00314. The van der Waals surface area contributed by atoms with Gasteiger partial charge in [0.2, 0.25) is 0 Å². The normalized spacial score (nSPS) is 22.1. The van der Waals surface area contributed by atoms with Gasteiger partial charge in [-0.15, -0.1) is 0 Å². The van der Waals surface area contributed by atoms with Crippen LogP contribution in [0.25, 0.3) is 0 Å². The van der Waals surface area contributed by atoms with Crippen LogP contribution in [0.4, 0.5) is 0 Å². The highest BCUT2D eigenvalue weighted by Gasteiger charge is 2.35. The Bertz CT molecular complexity index is 629. The predicted molar refractivity (Wildman–Crippen MR) is 135 cm³/mol. The molecule has 3 atom stereocenters. The maximum absolute atomic E-state index is 2.51. The van der Waals surface area contributed by atoms with Gasteiger partial charge in [-0.2, -0.15) is 0 Å². The molecule has 0 aliphatic heterocycles. The monoisotopic (exact) mass is 418 g/mol. The lowest BCUT2D eigenvalue weighted by atomic mass is 9.88. The first kappa shape index (κ1) is 24.1. The van der Waals surface area contributed by atoms with Crippen LogP contribution in [0.15, 0.2) is 47.1 Å². The van der Waals surface area contributed by atoms with Gasteiger partial charge in [0, 0.05) is 11.6 Å². The molecular weight excluding hydrogens is 374 g/mol. The second-order valence-electron chi connectivity index (χ2n) is 9.74. The lowest BCUT2D eigenvalue weighted by Gasteiger charge is -2.37. The van der Waals surface area contributed by atoms with E-state index in [2.05, 4.69) is 99.6 Å². The number of allylic oxidation sites excluding steroid dienone is 8. The average Bonchev–Trinajstić information content (AvgIpc) is 3.22. The van der Waals surface area contributed by atoms with Gasteiger partial charge in [0.25, 0.3) is 0 Å². The van der Waals surface area contributed by atoms with E-state index < -0.39 is 0 Å². The molecule has 2 heteroatoms. The largest absolute Gasteiger partial charge is 0.0943 e. The van der Waals surface area contributed by atoms with Crippen molar-refractivity contribution in [2.45, 2.75) is 110 Å². The first-order chi connectivity index (χ1) is 13.1. The molecule has 2 aliphatic rings. The summed E-state index contributed by atoms with van der Waals surface area (Å²) in [6, 6.07) is 0. The molecule has 0 amide bonds. The van der Waals surface area contributed by atoms with Gasteiger partial charge in [-0.3, -0.25) is 0 Å². The Hall–Kier alpha value is -0.180. The Balaban J connectivity index is 2.35. The number of hydrogen-bond acceptors (Lipinski definition) is 0. The number of hydrogen-bond donors (Lipinski definition) is 0. The van der Waals surface area contributed by atoms with E-state index in [9.17, 15) is 0 Å². The van der Waals surface area contributed by atoms with Crippen LogP contribution in [0.2, 0.25) is 0 Å². The Morgan fingerprint density at radius 2 is 1.25 bits per heavy atom. The van der Waals surface area contributed by atoms with Crippen LogP contribution in [0.3, 0.4) is 0 Å². The molecule has 3 unspecified atom stereocenters. The van der Waals surface area contributed by atoms with E-state index in [-0.39, 0.29) is 15.8 Å². The first-order valence-corrected chi connectivity index (χ1v) is 14.5. The summed E-state index contributed by atoms with van der Waals surface area (Å²) in [5.74, 6) is 0.543. The van der Waals surface area contributed by atoms with E-state index in [0.29, 0.717) is 17.2 Å². The van der Waals surface area contributed by atoms with Gasteiger partial charge in [-0.1, -0.05) is 127 Å². The van der Waals surface area contributed by atoms with Crippen molar-refractivity contribution in [3.8, 4) is 0 Å². The quantitative estimate of drug-likeness (QED) is 0.328. The third kappa shape index (κ3) is 5.10. The minimum absolute atomic E-state index is 0.00175. The summed E-state index contributed by atoms with van der Waals surface area (Å²) < 4.78 is 0. The Morgan fingerprint density at radius 1 is 0.750 bits per heavy atom. The summed E-state index contributed by atoms with van der Waals surface area (Å²) >= 11 is 0. The van der Waals surface area contributed by atoms with Gasteiger partial charge in [0.05, 0.1) is 0 Å². The van der Waals surface area contributed by atoms with Crippen molar-refractivity contribution in [2.75, 3.05) is 0 Å². The van der Waals surface area contributed by atoms with Gasteiger partial charge in [0.1, 0.15) is 0 Å². The van der Waals surface area contributed by atoms with Gasteiger partial charge < -0.3 is 0 Å². The lowest BCUT2D eigenvalue weighted by Crippen LogP contribution is -2.21. The fourth-order valence-corrected chi connectivity index (χ4v) is 12.9. The van der Waals surface area contributed by atoms with Crippen molar-refractivity contribution < 1.29 is 0 Å². The molecule has 0 spiro atoms. The summed E-state index contributed by atoms with van der Waals surface area (Å²) in [7, 11) is -0.00489. The molecule has 0 aromatic heterocycles. The molecule has 0 radical (unpaired) electrons. The maximum atomic E-state index is 2.51. The van der Waals surface area contributed by atoms with Gasteiger partial charge in [-0.05, 0) is 40.3 Å². The van der Waals surface area contributed by atoms with E-state index in [1.54, 1.807) is 16.7 Å². The smallest absolute Gasteiger partial charge is 0.0208 e. The summed E-state index contributed by atoms with van der Waals surface area (Å²) in [5, 5.41) is 0. The Morgan fingerprint density at radius 3 is 1.75 bits per heavy atom. The maximum Gasteiger partial charge on any atom is 0.0208 e. The van der Waals surface area contributed by atoms with Crippen LogP contribution in [0, 0.1) is 5.92 Å². The predicted octanol–water partition coefficient (Wildman–Crippen LogP) is 8.73. The molecule has 0 bridgehead atoms. The van der Waals surface area contributed by atoms with Gasteiger partial charge in [0.15, 0.2) is 0 Å². The molecule has 28 heavy (non-hydrogen) atoms. The van der Waals surface area contributed by atoms with Gasteiger partial charge in [-0.25, -0.2) is 0 Å². The van der Waals surface area contributed by atoms with Crippen molar-refractivity contribution in [2.24, 2.45) is 5.92 Å². The van der Waals surface area contributed by atoms with Gasteiger partial charge >= 0.3 is 0 Å². The highest BCUT2D eigenvalue weighted by atomic mass is 31.1. The zero-order valence-corrected chi connectivity index (χ0v) is 21.8. The van der Waals surface area contributed by atoms with Crippen LogP contribution in [0.1, 0.15) is 75.7 Å². The SMILES string of the molecule is CC(C)P(C(C)C)C(C)C1=CC=CC1C1=C(C(C)P(C(C)C)C(C)C)C=CC1. The molecule has 0 aromatic carbocycles. The molecule has 0 saturated carbocycles. The fourth-order valence-electron chi connectivity index (χ4n) is 5.78. The zero-order chi connectivity index (χ0) is 21.2. The highest BCUT2D eigenvalue weighted by molar-refractivity contribution is 7.60. The van der Waals surface area contributed by atoms with Crippen LogP contribution in [0.5, 0.6) is 0 Å². The molecule has 0 aromatic rings. The second kappa shape index (κ2) is 10.2. The van der Waals surface area contributed by atoms with E-state index >= 15 is 0 Å². The molecule has 0 saturated heterocycles.